The first-order valence-electron chi connectivity index (χ1n) is 15.7. The summed E-state index contributed by atoms with van der Waals surface area (Å²) in [5.41, 5.74) is 4.09. The Balaban J connectivity index is 1.21. The SMILES string of the molecule is N#C/C(=C/c1ccc(/C=C(/C#N)c2nnc(N3CCOCC3)n2-c2ccccc2)cc1)c1nnc(N2CCOCC2)n1-c1ccccc1. The molecule has 2 aliphatic heterocycles. The molecule has 0 unspecified atom stereocenters. The summed E-state index contributed by atoms with van der Waals surface area (Å²) in [6.07, 6.45) is 3.60. The van der Waals surface area contributed by atoms with Gasteiger partial charge in [-0.2, -0.15) is 10.5 Å². The Morgan fingerprint density at radius 1 is 0.542 bits per heavy atom. The minimum Gasteiger partial charge on any atom is -0.378 e. The van der Waals surface area contributed by atoms with Crippen LogP contribution in [0.15, 0.2) is 84.9 Å². The van der Waals surface area contributed by atoms with E-state index in [1.54, 1.807) is 12.2 Å². The summed E-state index contributed by atoms with van der Waals surface area (Å²) in [6.45, 7) is 5.16. The molecule has 0 saturated carbocycles. The molecule has 3 aromatic carbocycles. The number of allylic oxidation sites excluding steroid dienone is 2. The maximum absolute atomic E-state index is 10.3. The van der Waals surface area contributed by atoms with Gasteiger partial charge in [0.15, 0.2) is 11.6 Å². The van der Waals surface area contributed by atoms with E-state index in [0.29, 0.717) is 87.3 Å². The van der Waals surface area contributed by atoms with Crippen molar-refractivity contribution in [3.05, 3.63) is 108 Å². The molecule has 12 heteroatoms. The number of hydrogen-bond acceptors (Lipinski definition) is 10. The van der Waals surface area contributed by atoms with Crippen LogP contribution in [-0.4, -0.2) is 82.1 Å². The summed E-state index contributed by atoms with van der Waals surface area (Å²) in [4.78, 5) is 4.25. The normalized spacial score (nSPS) is 15.6. The molecule has 0 bridgehead atoms. The van der Waals surface area contributed by atoms with E-state index in [1.165, 1.54) is 0 Å². The molecule has 0 aliphatic carbocycles. The van der Waals surface area contributed by atoms with Crippen LogP contribution in [-0.2, 0) is 9.47 Å². The number of benzene rings is 3. The number of ether oxygens (including phenoxy) is 2. The first-order valence-corrected chi connectivity index (χ1v) is 15.7. The Morgan fingerprint density at radius 3 is 1.27 bits per heavy atom. The quantitative estimate of drug-likeness (QED) is 0.222. The molecule has 0 atom stereocenters. The lowest BCUT2D eigenvalue weighted by molar-refractivity contribution is 0.121. The molecule has 0 spiro atoms. The van der Waals surface area contributed by atoms with Crippen LogP contribution in [0.5, 0.6) is 0 Å². The van der Waals surface area contributed by atoms with Crippen LogP contribution in [0.1, 0.15) is 22.8 Å². The lowest BCUT2D eigenvalue weighted by atomic mass is 10.1. The molecule has 238 valence electrons. The maximum Gasteiger partial charge on any atom is 0.232 e. The van der Waals surface area contributed by atoms with Gasteiger partial charge in [0, 0.05) is 26.2 Å². The number of para-hydroxylation sites is 2. The molecular weight excluding hydrogens is 604 g/mol. The average Bonchev–Trinajstić information content (AvgIpc) is 3.81. The van der Waals surface area contributed by atoms with Gasteiger partial charge in [-0.1, -0.05) is 60.7 Å². The summed E-state index contributed by atoms with van der Waals surface area (Å²) >= 11 is 0. The highest BCUT2D eigenvalue weighted by atomic mass is 16.5. The zero-order chi connectivity index (χ0) is 32.7. The van der Waals surface area contributed by atoms with E-state index in [-0.39, 0.29) is 0 Å². The monoisotopic (exact) mass is 636 g/mol. The fourth-order valence-corrected chi connectivity index (χ4v) is 5.78. The van der Waals surface area contributed by atoms with E-state index in [2.05, 4.69) is 42.3 Å². The first-order chi connectivity index (χ1) is 23.7. The lowest BCUT2D eigenvalue weighted by Gasteiger charge is -2.28. The van der Waals surface area contributed by atoms with Gasteiger partial charge < -0.3 is 19.3 Å². The number of morpholine rings is 2. The minimum atomic E-state index is 0.374. The van der Waals surface area contributed by atoms with E-state index in [9.17, 15) is 10.5 Å². The zero-order valence-corrected chi connectivity index (χ0v) is 26.2. The Kier molecular flexibility index (Phi) is 9.00. The Labute approximate surface area is 278 Å². The third kappa shape index (κ3) is 6.31. The van der Waals surface area contributed by atoms with Gasteiger partial charge in [-0.05, 0) is 47.5 Å². The summed E-state index contributed by atoms with van der Waals surface area (Å²) in [7, 11) is 0. The van der Waals surface area contributed by atoms with E-state index in [1.807, 2.05) is 94.1 Å². The van der Waals surface area contributed by atoms with Crippen molar-refractivity contribution in [3.8, 4) is 23.5 Å². The van der Waals surface area contributed by atoms with Crippen LogP contribution in [0.2, 0.25) is 0 Å². The minimum absolute atomic E-state index is 0.374. The van der Waals surface area contributed by atoms with E-state index >= 15 is 0 Å². The van der Waals surface area contributed by atoms with Crippen LogP contribution in [0, 0.1) is 22.7 Å². The van der Waals surface area contributed by atoms with Crippen LogP contribution < -0.4 is 9.80 Å². The van der Waals surface area contributed by atoms with Crippen LogP contribution >= 0.6 is 0 Å². The van der Waals surface area contributed by atoms with E-state index < -0.39 is 0 Å². The van der Waals surface area contributed by atoms with Gasteiger partial charge in [0.2, 0.25) is 11.9 Å². The van der Waals surface area contributed by atoms with Crippen molar-refractivity contribution in [2.24, 2.45) is 0 Å². The fourth-order valence-electron chi connectivity index (χ4n) is 5.78. The molecule has 0 radical (unpaired) electrons. The molecule has 4 heterocycles. The Morgan fingerprint density at radius 2 is 0.917 bits per heavy atom. The Hall–Kier alpha value is -6.08. The Bertz CT molecular complexity index is 1860. The first kappa shape index (κ1) is 30.6. The van der Waals surface area contributed by atoms with Crippen molar-refractivity contribution in [2.45, 2.75) is 0 Å². The van der Waals surface area contributed by atoms with Crippen molar-refractivity contribution in [1.29, 1.82) is 10.5 Å². The third-order valence-corrected chi connectivity index (χ3v) is 8.19. The van der Waals surface area contributed by atoms with E-state index in [4.69, 9.17) is 9.47 Å². The molecule has 48 heavy (non-hydrogen) atoms. The van der Waals surface area contributed by atoms with Gasteiger partial charge in [0.1, 0.15) is 12.1 Å². The number of rotatable bonds is 8. The second-order valence-corrected chi connectivity index (χ2v) is 11.2. The smallest absolute Gasteiger partial charge is 0.232 e. The van der Waals surface area contributed by atoms with Crippen molar-refractivity contribution >= 4 is 35.2 Å². The largest absolute Gasteiger partial charge is 0.378 e. The number of nitrogens with zero attached hydrogens (tertiary/aromatic N) is 10. The number of aromatic nitrogens is 6. The predicted molar refractivity (Wildman–Crippen MR) is 182 cm³/mol. The highest BCUT2D eigenvalue weighted by molar-refractivity contribution is 5.90. The lowest BCUT2D eigenvalue weighted by Crippen LogP contribution is -2.38. The van der Waals surface area contributed by atoms with Crippen molar-refractivity contribution in [3.63, 3.8) is 0 Å². The second kappa shape index (κ2) is 14.1. The number of nitriles is 2. The van der Waals surface area contributed by atoms with Crippen molar-refractivity contribution < 1.29 is 9.47 Å². The molecular formula is C36H32N10O2. The van der Waals surface area contributed by atoms with Crippen molar-refractivity contribution in [2.75, 3.05) is 62.4 Å². The average molecular weight is 637 g/mol. The van der Waals surface area contributed by atoms with Crippen LogP contribution in [0.4, 0.5) is 11.9 Å². The standard InChI is InChI=1S/C36H32N10O2/c37-25-29(33-39-41-35(43-15-19-47-20-16-43)45(33)31-7-3-1-4-8-31)23-27-11-13-28(14-12-27)24-30(26-38)34-40-42-36(44-17-21-48-22-18-44)46(34)32-9-5-2-6-10-32/h1-14,23-24H,15-22H2/b29-23-,30-24-. The molecule has 7 rings (SSSR count). The molecule has 2 saturated heterocycles. The van der Waals surface area contributed by atoms with Gasteiger partial charge in [-0.25, -0.2) is 0 Å². The van der Waals surface area contributed by atoms with Crippen LogP contribution in [0.25, 0.3) is 34.7 Å². The number of anilines is 2. The third-order valence-electron chi connectivity index (χ3n) is 8.19. The molecule has 12 nitrogen and oxygen atoms in total. The van der Waals surface area contributed by atoms with Gasteiger partial charge in [0.25, 0.3) is 0 Å². The predicted octanol–water partition coefficient (Wildman–Crippen LogP) is 4.65. The summed E-state index contributed by atoms with van der Waals surface area (Å²) in [5, 5.41) is 38.5. The zero-order valence-electron chi connectivity index (χ0n) is 26.2. The van der Waals surface area contributed by atoms with E-state index in [0.717, 1.165) is 22.5 Å². The second-order valence-electron chi connectivity index (χ2n) is 11.2. The van der Waals surface area contributed by atoms with Gasteiger partial charge in [-0.3, -0.25) is 9.13 Å². The molecule has 0 amide bonds. The summed E-state index contributed by atoms with van der Waals surface area (Å²) < 4.78 is 14.9. The van der Waals surface area contributed by atoms with Gasteiger partial charge in [0.05, 0.1) is 48.9 Å². The maximum atomic E-state index is 10.3. The highest BCUT2D eigenvalue weighted by Crippen LogP contribution is 2.28. The van der Waals surface area contributed by atoms with Crippen molar-refractivity contribution in [1.82, 2.24) is 29.5 Å². The molecule has 2 aromatic heterocycles. The summed E-state index contributed by atoms with van der Waals surface area (Å²) in [5.74, 6) is 2.25. The van der Waals surface area contributed by atoms with Crippen LogP contribution in [0.3, 0.4) is 0 Å². The highest BCUT2D eigenvalue weighted by Gasteiger charge is 2.25. The molecule has 2 aliphatic rings. The summed E-state index contributed by atoms with van der Waals surface area (Å²) in [6, 6.07) is 31.9. The fraction of sp³-hybridized carbons (Fsp3) is 0.222. The molecule has 5 aromatic rings. The molecule has 2 fully saturated rings. The number of hydrogen-bond donors (Lipinski definition) is 0. The topological polar surface area (TPSA) is 134 Å². The van der Waals surface area contributed by atoms with Gasteiger partial charge >= 0.3 is 0 Å². The molecule has 0 N–H and O–H groups in total. The van der Waals surface area contributed by atoms with Gasteiger partial charge in [-0.15, -0.1) is 20.4 Å².